The predicted molar refractivity (Wildman–Crippen MR) is 281 cm³/mol. The van der Waals surface area contributed by atoms with E-state index < -0.39 is 103 Å². The van der Waals surface area contributed by atoms with Gasteiger partial charge in [-0.3, -0.25) is 23.7 Å². The van der Waals surface area contributed by atoms with E-state index in [9.17, 15) is 38.8 Å². The third kappa shape index (κ3) is 18.7. The predicted octanol–water partition coefficient (Wildman–Crippen LogP) is 7.05. The SMILES string of the molecule is CO[C@H]1C[C@@H]2CCC(C)C(O)(O2)C(=O)C(=O)N2CCCCC2C(=O)O[C@H]([C@H](C)C[C@@H]2CC[C@@H](OP(C)(=O)OCCOCCO)[C@H](OC)C2)CC(=O)/C(C)=C/C(C)[C@@H](O)[C@@H](OC)C(=O)[C@H](C)C[C@H](C)C=CC=CC=C1C. The monoisotopic (exact) mass is 1080 g/mol. The molecule has 1 aliphatic carbocycles. The van der Waals surface area contributed by atoms with Crippen molar-refractivity contribution in [2.45, 2.75) is 180 Å². The molecule has 0 aromatic carbocycles. The van der Waals surface area contributed by atoms with Crippen molar-refractivity contribution in [1.82, 2.24) is 4.90 Å². The van der Waals surface area contributed by atoms with Crippen LogP contribution < -0.4 is 0 Å². The van der Waals surface area contributed by atoms with Crippen molar-refractivity contribution in [2.75, 3.05) is 61.0 Å². The van der Waals surface area contributed by atoms with Gasteiger partial charge in [-0.2, -0.15) is 0 Å². The summed E-state index contributed by atoms with van der Waals surface area (Å²) in [4.78, 5) is 72.6. The smallest absolute Gasteiger partial charge is 0.329 e. The number of allylic oxidation sites excluding steroid dienone is 6. The van der Waals surface area contributed by atoms with Gasteiger partial charge in [-0.25, -0.2) is 4.79 Å². The van der Waals surface area contributed by atoms with Gasteiger partial charge in [-0.15, -0.1) is 0 Å². The fourth-order valence-electron chi connectivity index (χ4n) is 10.9. The Kier molecular flexibility index (Phi) is 26.4. The van der Waals surface area contributed by atoms with E-state index in [-0.39, 0.29) is 74.8 Å². The van der Waals surface area contributed by atoms with Crippen LogP contribution in [0, 0.1) is 35.5 Å². The lowest BCUT2D eigenvalue weighted by Gasteiger charge is -2.42. The average Bonchev–Trinajstić information content (AvgIpc) is 3.37. The van der Waals surface area contributed by atoms with Crippen LogP contribution >= 0.6 is 7.60 Å². The molecule has 3 heterocycles. The second-order valence-corrected chi connectivity index (χ2v) is 23.6. The summed E-state index contributed by atoms with van der Waals surface area (Å²) in [7, 11) is 0.982. The number of Topliss-reactive ketones (excluding diaryl/α,β-unsaturated/α-hetero) is 3. The number of hydrogen-bond donors (Lipinski definition) is 3. The Balaban J connectivity index is 1.66. The van der Waals surface area contributed by atoms with Crippen LogP contribution in [0.3, 0.4) is 0 Å². The zero-order valence-electron chi connectivity index (χ0n) is 46.5. The number of ether oxygens (including phenoxy) is 6. The number of methoxy groups -OCH3 is 3. The lowest BCUT2D eigenvalue weighted by molar-refractivity contribution is -0.265. The fraction of sp³-hybridized carbons (Fsp3) is 0.768. The molecule has 4 rings (SSSR count). The summed E-state index contributed by atoms with van der Waals surface area (Å²) in [5, 5.41) is 32.5. The molecule has 0 aromatic heterocycles. The van der Waals surface area contributed by atoms with E-state index in [1.165, 1.54) is 18.7 Å². The minimum absolute atomic E-state index is 0.000367. The topological polar surface area (TPSA) is 240 Å². The zero-order valence-corrected chi connectivity index (χ0v) is 47.4. The van der Waals surface area contributed by atoms with Gasteiger partial charge in [0.2, 0.25) is 5.79 Å². The molecule has 4 aliphatic rings. The van der Waals surface area contributed by atoms with Crippen LogP contribution in [0.15, 0.2) is 47.6 Å². The van der Waals surface area contributed by atoms with Crippen LogP contribution in [0.4, 0.5) is 0 Å². The highest BCUT2D eigenvalue weighted by atomic mass is 31.2. The number of fused-ring (bicyclic) bond motifs is 3. The Morgan fingerprint density at radius 3 is 2.28 bits per heavy atom. The minimum Gasteiger partial charge on any atom is -0.460 e. The fourth-order valence-corrected chi connectivity index (χ4v) is 12.1. The summed E-state index contributed by atoms with van der Waals surface area (Å²) < 4.78 is 59.8. The zero-order chi connectivity index (χ0) is 55.6. The van der Waals surface area contributed by atoms with E-state index in [0.717, 1.165) is 5.57 Å². The number of cyclic esters (lactones) is 1. The molecule has 16 atom stereocenters. The summed E-state index contributed by atoms with van der Waals surface area (Å²) >= 11 is 0. The number of ketones is 3. The lowest BCUT2D eigenvalue weighted by Crippen LogP contribution is -2.61. The first kappa shape index (κ1) is 64.3. The Morgan fingerprint density at radius 1 is 0.867 bits per heavy atom. The van der Waals surface area contributed by atoms with E-state index in [1.54, 1.807) is 41.1 Å². The molecule has 3 aliphatic heterocycles. The number of rotatable bonds is 14. The molecule has 3 N–H and O–H groups in total. The molecule has 1 saturated carbocycles. The summed E-state index contributed by atoms with van der Waals surface area (Å²) in [5.41, 5.74) is 1.14. The van der Waals surface area contributed by atoms with Crippen molar-refractivity contribution in [3.8, 4) is 0 Å². The number of nitrogens with zero attached hydrogens (tertiary/aromatic N) is 1. The summed E-state index contributed by atoms with van der Waals surface area (Å²) in [6.45, 7) is 14.1. The number of piperidine rings is 1. The van der Waals surface area contributed by atoms with E-state index in [1.807, 2.05) is 58.1 Å². The molecule has 2 bridgehead atoms. The van der Waals surface area contributed by atoms with Gasteiger partial charge >= 0.3 is 13.6 Å². The maximum absolute atomic E-state index is 14.6. The quantitative estimate of drug-likeness (QED) is 0.0683. The van der Waals surface area contributed by atoms with Gasteiger partial charge in [-0.1, -0.05) is 71.1 Å². The Morgan fingerprint density at radius 2 is 1.60 bits per heavy atom. The van der Waals surface area contributed by atoms with E-state index >= 15 is 0 Å². The standard InChI is InChI=1S/C56H90NO17P/c1-35-17-13-12-14-18-36(2)47(67-8)33-43-22-20-41(7)56(65,73-43)53(62)54(63)57-24-16-15-19-44(57)55(64)72-48(34-45(59)37(3)30-40(6)51(61)52(69-10)50(60)39(5)29-35)38(4)31-42-21-23-46(49(32-42)68-9)74-75(11,66)71-28-27-70-26-25-58/h12-14,17-18,30,35,38-44,46-49,51-52,58,61,65H,15-16,19-29,31-34H2,1-11H3/b14-12?,17-13?,36-18?,37-30+/t35-,38-,39-,40?,41?,42+,43+,44?,46-,47+,48+,49-,51-,52+,56?,75?/m1/s1. The highest BCUT2D eigenvalue weighted by Gasteiger charge is 2.53. The van der Waals surface area contributed by atoms with Crippen molar-refractivity contribution in [2.24, 2.45) is 35.5 Å². The van der Waals surface area contributed by atoms with Crippen LogP contribution in [-0.2, 0) is 66.0 Å². The van der Waals surface area contributed by atoms with Crippen molar-refractivity contribution < 1.29 is 81.3 Å². The van der Waals surface area contributed by atoms with E-state index in [4.69, 9.17) is 42.6 Å². The van der Waals surface area contributed by atoms with Gasteiger partial charge in [0.1, 0.15) is 18.2 Å². The molecule has 18 nitrogen and oxygen atoms in total. The molecule has 1 amide bonds. The average molecular weight is 1080 g/mol. The van der Waals surface area contributed by atoms with Crippen LogP contribution in [0.1, 0.15) is 126 Å². The maximum atomic E-state index is 14.6. The van der Waals surface area contributed by atoms with Crippen molar-refractivity contribution >= 4 is 36.8 Å². The molecule has 19 heteroatoms. The van der Waals surface area contributed by atoms with Gasteiger partial charge in [0.15, 0.2) is 11.6 Å². The van der Waals surface area contributed by atoms with Gasteiger partial charge in [0.05, 0.1) is 56.9 Å². The third-order valence-electron chi connectivity index (χ3n) is 15.6. The Bertz CT molecular complexity index is 2060. The van der Waals surface area contributed by atoms with Gasteiger partial charge < -0.3 is 57.7 Å². The number of hydrogen-bond acceptors (Lipinski definition) is 17. The molecule has 2 saturated heterocycles. The van der Waals surface area contributed by atoms with Crippen molar-refractivity contribution in [3.63, 3.8) is 0 Å². The van der Waals surface area contributed by atoms with E-state index in [2.05, 4.69) is 0 Å². The molecule has 0 radical (unpaired) electrons. The van der Waals surface area contributed by atoms with Gasteiger partial charge in [0, 0.05) is 65.1 Å². The number of carbonyl (C=O) groups is 5. The van der Waals surface area contributed by atoms with Gasteiger partial charge in [-0.05, 0) is 107 Å². The third-order valence-corrected chi connectivity index (χ3v) is 16.9. The van der Waals surface area contributed by atoms with Gasteiger partial charge in [0.25, 0.3) is 11.7 Å². The maximum Gasteiger partial charge on any atom is 0.329 e. The number of amides is 1. The highest BCUT2D eigenvalue weighted by Crippen LogP contribution is 2.48. The first-order valence-electron chi connectivity index (χ1n) is 27.1. The normalized spacial score (nSPS) is 35.9. The Labute approximate surface area is 445 Å². The summed E-state index contributed by atoms with van der Waals surface area (Å²) in [5.74, 6) is -8.44. The van der Waals surface area contributed by atoms with E-state index in [0.29, 0.717) is 64.2 Å². The minimum atomic E-state index is -3.51. The lowest BCUT2D eigenvalue weighted by atomic mass is 9.78. The number of aliphatic hydroxyl groups is 3. The number of aliphatic hydroxyl groups excluding tert-OH is 2. The largest absolute Gasteiger partial charge is 0.460 e. The molecule has 5 unspecified atom stereocenters. The number of carbonyl (C=O) groups excluding carboxylic acids is 5. The second-order valence-electron chi connectivity index (χ2n) is 21.6. The Hall–Kier alpha value is -3.26. The van der Waals surface area contributed by atoms with Crippen LogP contribution in [0.2, 0.25) is 0 Å². The summed E-state index contributed by atoms with van der Waals surface area (Å²) in [6.07, 6.45) is 10.3. The number of esters is 1. The first-order chi connectivity index (χ1) is 35.5. The van der Waals surface area contributed by atoms with Crippen LogP contribution in [0.5, 0.6) is 0 Å². The molecular formula is C56H90NO17P. The van der Waals surface area contributed by atoms with Crippen LogP contribution in [-0.4, -0.2) is 165 Å². The molecular weight excluding hydrogens is 990 g/mol. The molecule has 75 heavy (non-hydrogen) atoms. The highest BCUT2D eigenvalue weighted by molar-refractivity contribution is 7.53. The molecule has 0 aromatic rings. The van der Waals surface area contributed by atoms with Crippen molar-refractivity contribution in [1.29, 1.82) is 0 Å². The van der Waals surface area contributed by atoms with Crippen LogP contribution in [0.25, 0.3) is 0 Å². The molecule has 3 fully saturated rings. The molecule has 426 valence electrons. The molecule has 0 spiro atoms. The second kappa shape index (κ2) is 30.8. The first-order valence-corrected chi connectivity index (χ1v) is 29.1. The van der Waals surface area contributed by atoms with Crippen molar-refractivity contribution in [3.05, 3.63) is 47.6 Å². The summed E-state index contributed by atoms with van der Waals surface area (Å²) in [6, 6.07) is -1.19.